The number of aryl methyl sites for hydroxylation is 1. The Balaban J connectivity index is 1.89. The number of benzene rings is 2. The Morgan fingerprint density at radius 2 is 1.85 bits per heavy atom. The molecule has 3 aromatic rings. The number of imidazole rings is 1. The first-order valence-corrected chi connectivity index (χ1v) is 9.52. The predicted octanol–water partition coefficient (Wildman–Crippen LogP) is 5.47. The predicted molar refractivity (Wildman–Crippen MR) is 104 cm³/mol. The Kier molecular flexibility index (Phi) is 4.49. The quantitative estimate of drug-likeness (QED) is 0.680. The lowest BCUT2D eigenvalue weighted by atomic mass is 9.94. The van der Waals surface area contributed by atoms with Gasteiger partial charge in [0.15, 0.2) is 0 Å². The molecule has 2 aromatic carbocycles. The van der Waals surface area contributed by atoms with Crippen LogP contribution < -0.4 is 0 Å². The number of hydrogen-bond acceptors (Lipinski definition) is 2. The summed E-state index contributed by atoms with van der Waals surface area (Å²) in [6.45, 7) is 2.15. The maximum absolute atomic E-state index is 11.3. The molecule has 1 aromatic heterocycles. The summed E-state index contributed by atoms with van der Waals surface area (Å²) < 4.78 is 2.35. The number of hydrogen-bond donors (Lipinski definition) is 1. The van der Waals surface area contributed by atoms with E-state index in [1.54, 1.807) is 12.1 Å². The van der Waals surface area contributed by atoms with E-state index in [-0.39, 0.29) is 0 Å². The molecule has 4 heteroatoms. The van der Waals surface area contributed by atoms with E-state index in [0.29, 0.717) is 11.6 Å². The van der Waals surface area contributed by atoms with E-state index < -0.39 is 5.97 Å². The molecule has 26 heavy (non-hydrogen) atoms. The maximum atomic E-state index is 11.3. The maximum Gasteiger partial charge on any atom is 0.335 e. The highest BCUT2D eigenvalue weighted by Gasteiger charge is 2.22. The van der Waals surface area contributed by atoms with Crippen LogP contribution in [0.3, 0.4) is 0 Å². The van der Waals surface area contributed by atoms with E-state index in [4.69, 9.17) is 4.98 Å². The molecule has 0 saturated heterocycles. The van der Waals surface area contributed by atoms with Gasteiger partial charge in [-0.05, 0) is 43.0 Å². The molecule has 134 valence electrons. The summed E-state index contributed by atoms with van der Waals surface area (Å²) in [5, 5.41) is 9.31. The number of carboxylic acid groups (broad SMARTS) is 1. The minimum Gasteiger partial charge on any atom is -0.478 e. The third-order valence-corrected chi connectivity index (χ3v) is 5.50. The number of carboxylic acids is 1. The van der Waals surface area contributed by atoms with Crippen molar-refractivity contribution in [3.63, 3.8) is 0 Å². The molecule has 0 unspecified atom stereocenters. The zero-order valence-electron chi connectivity index (χ0n) is 15.1. The molecule has 1 N–H and O–H groups in total. The van der Waals surface area contributed by atoms with Crippen molar-refractivity contribution in [1.82, 2.24) is 9.55 Å². The zero-order chi connectivity index (χ0) is 18.1. The number of rotatable bonds is 4. The molecule has 1 heterocycles. The van der Waals surface area contributed by atoms with Gasteiger partial charge in [-0.1, -0.05) is 50.5 Å². The zero-order valence-corrected chi connectivity index (χ0v) is 15.1. The molecule has 1 aliphatic carbocycles. The van der Waals surface area contributed by atoms with Crippen LogP contribution in [0.25, 0.3) is 22.4 Å². The lowest BCUT2D eigenvalue weighted by Crippen LogP contribution is -2.14. The van der Waals surface area contributed by atoms with Crippen molar-refractivity contribution < 1.29 is 9.90 Å². The van der Waals surface area contributed by atoms with Crippen LogP contribution in [0.15, 0.2) is 42.5 Å². The fourth-order valence-electron chi connectivity index (χ4n) is 4.03. The number of fused-ring (bicyclic) bond motifs is 1. The average Bonchev–Trinajstić information content (AvgIpc) is 3.07. The summed E-state index contributed by atoms with van der Waals surface area (Å²) in [5.74, 6) is 0.0463. The topological polar surface area (TPSA) is 55.1 Å². The Hall–Kier alpha value is -2.62. The summed E-state index contributed by atoms with van der Waals surface area (Å²) in [5.41, 5.74) is 4.50. The first-order valence-electron chi connectivity index (χ1n) is 9.52. The van der Waals surface area contributed by atoms with Crippen LogP contribution >= 0.6 is 0 Å². The smallest absolute Gasteiger partial charge is 0.335 e. The molecule has 1 fully saturated rings. The largest absolute Gasteiger partial charge is 0.478 e. The van der Waals surface area contributed by atoms with Gasteiger partial charge in [-0.3, -0.25) is 0 Å². The van der Waals surface area contributed by atoms with Crippen LogP contribution in [0.5, 0.6) is 0 Å². The highest BCUT2D eigenvalue weighted by molar-refractivity contribution is 5.93. The third-order valence-electron chi connectivity index (χ3n) is 5.50. The summed E-state index contributed by atoms with van der Waals surface area (Å²) in [7, 11) is 0. The molecule has 4 rings (SSSR count). The first kappa shape index (κ1) is 16.8. The van der Waals surface area contributed by atoms with Crippen LogP contribution in [0.2, 0.25) is 0 Å². The molecule has 0 amide bonds. The van der Waals surface area contributed by atoms with E-state index in [1.165, 1.54) is 24.8 Å². The van der Waals surface area contributed by atoms with Crippen molar-refractivity contribution in [3.05, 3.63) is 53.6 Å². The van der Waals surface area contributed by atoms with E-state index in [2.05, 4.69) is 35.8 Å². The highest BCUT2D eigenvalue weighted by Crippen LogP contribution is 2.36. The Morgan fingerprint density at radius 1 is 1.12 bits per heavy atom. The summed E-state index contributed by atoms with van der Waals surface area (Å²) in [4.78, 5) is 16.2. The Morgan fingerprint density at radius 3 is 2.50 bits per heavy atom. The van der Waals surface area contributed by atoms with Crippen molar-refractivity contribution in [2.24, 2.45) is 0 Å². The second kappa shape index (κ2) is 6.94. The van der Waals surface area contributed by atoms with Gasteiger partial charge in [0.25, 0.3) is 0 Å². The van der Waals surface area contributed by atoms with E-state index in [1.807, 2.05) is 6.07 Å². The molecule has 1 aliphatic rings. The van der Waals surface area contributed by atoms with Gasteiger partial charge in [-0.2, -0.15) is 0 Å². The van der Waals surface area contributed by atoms with Crippen molar-refractivity contribution in [1.29, 1.82) is 0 Å². The minimum atomic E-state index is -0.909. The molecule has 0 atom stereocenters. The van der Waals surface area contributed by atoms with Crippen molar-refractivity contribution in [3.8, 4) is 11.4 Å². The average molecular weight is 348 g/mol. The van der Waals surface area contributed by atoms with Crippen LogP contribution in [0, 0.1) is 0 Å². The second-order valence-corrected chi connectivity index (χ2v) is 7.16. The minimum absolute atomic E-state index is 0.290. The van der Waals surface area contributed by atoms with Crippen LogP contribution in [0.1, 0.15) is 61.0 Å². The standard InChI is InChI=1S/C22H24N2O2/c1-2-15-8-10-16(11-9-15)21-23-19-14-17(22(25)26)12-13-20(19)24(21)18-6-4-3-5-7-18/h8-14,18H,2-7H2,1H3,(H,25,26). The van der Waals surface area contributed by atoms with Crippen molar-refractivity contribution >= 4 is 17.0 Å². The van der Waals surface area contributed by atoms with Gasteiger partial charge >= 0.3 is 5.97 Å². The molecule has 0 radical (unpaired) electrons. The highest BCUT2D eigenvalue weighted by atomic mass is 16.4. The number of aromatic nitrogens is 2. The van der Waals surface area contributed by atoms with Gasteiger partial charge in [0, 0.05) is 11.6 Å². The van der Waals surface area contributed by atoms with Crippen molar-refractivity contribution in [2.45, 2.75) is 51.5 Å². The van der Waals surface area contributed by atoms with Crippen LogP contribution in [0.4, 0.5) is 0 Å². The van der Waals surface area contributed by atoms with Crippen molar-refractivity contribution in [2.75, 3.05) is 0 Å². The van der Waals surface area contributed by atoms with Gasteiger partial charge in [-0.15, -0.1) is 0 Å². The Labute approximate surface area is 153 Å². The summed E-state index contributed by atoms with van der Waals surface area (Å²) in [6.07, 6.45) is 7.12. The lowest BCUT2D eigenvalue weighted by Gasteiger charge is -2.25. The molecular formula is C22H24N2O2. The van der Waals surface area contributed by atoms with Gasteiger partial charge in [0.1, 0.15) is 5.82 Å². The van der Waals surface area contributed by atoms with E-state index >= 15 is 0 Å². The molecule has 1 saturated carbocycles. The lowest BCUT2D eigenvalue weighted by molar-refractivity contribution is 0.0697. The van der Waals surface area contributed by atoms with Crippen LogP contribution in [-0.2, 0) is 6.42 Å². The SMILES string of the molecule is CCc1ccc(-c2nc3cc(C(=O)O)ccc3n2C2CCCCC2)cc1. The number of aromatic carboxylic acids is 1. The second-order valence-electron chi connectivity index (χ2n) is 7.16. The van der Waals surface area contributed by atoms with Gasteiger partial charge < -0.3 is 9.67 Å². The fraction of sp³-hybridized carbons (Fsp3) is 0.364. The molecule has 0 bridgehead atoms. The summed E-state index contributed by atoms with van der Waals surface area (Å²) >= 11 is 0. The van der Waals surface area contributed by atoms with Gasteiger partial charge in [0.05, 0.1) is 16.6 Å². The Bertz CT molecular complexity index is 935. The van der Waals surface area contributed by atoms with E-state index in [9.17, 15) is 9.90 Å². The normalized spacial score (nSPS) is 15.4. The third kappa shape index (κ3) is 3.00. The molecule has 0 spiro atoms. The molecular weight excluding hydrogens is 324 g/mol. The first-order chi connectivity index (χ1) is 12.7. The van der Waals surface area contributed by atoms with E-state index in [0.717, 1.165) is 41.7 Å². The number of nitrogens with zero attached hydrogens (tertiary/aromatic N) is 2. The van der Waals surface area contributed by atoms with Crippen LogP contribution in [-0.4, -0.2) is 20.6 Å². The number of carbonyl (C=O) groups is 1. The molecule has 4 nitrogen and oxygen atoms in total. The molecule has 0 aliphatic heterocycles. The van der Waals surface area contributed by atoms with Gasteiger partial charge in [0.2, 0.25) is 0 Å². The fourth-order valence-corrected chi connectivity index (χ4v) is 4.03. The summed E-state index contributed by atoms with van der Waals surface area (Å²) in [6, 6.07) is 14.3. The monoisotopic (exact) mass is 348 g/mol. The van der Waals surface area contributed by atoms with Gasteiger partial charge in [-0.25, -0.2) is 9.78 Å².